The number of para-hydroxylation sites is 2. The molecular formula is C32H20N4. The molecule has 0 spiro atoms. The highest BCUT2D eigenvalue weighted by Crippen LogP contribution is 2.37. The zero-order chi connectivity index (χ0) is 23.6. The molecule has 0 fully saturated rings. The van der Waals surface area contributed by atoms with Gasteiger partial charge in [0.05, 0.1) is 27.6 Å². The topological polar surface area (TPSA) is 35.6 Å². The van der Waals surface area contributed by atoms with Gasteiger partial charge in [-0.05, 0) is 59.3 Å². The molecule has 8 aromatic rings. The summed E-state index contributed by atoms with van der Waals surface area (Å²) in [6.45, 7) is 0. The van der Waals surface area contributed by atoms with Gasteiger partial charge in [0, 0.05) is 23.0 Å². The molecule has 168 valence electrons. The fourth-order valence-electron chi connectivity index (χ4n) is 5.54. The summed E-state index contributed by atoms with van der Waals surface area (Å²) in [4.78, 5) is 10.1. The standard InChI is InChI=1S/C32H20N4/c1-2-11-23(12-3-1)35-26-14-7-6-13-25(26)30-28(35)20-29-32(34-30)31-27(15-8-18-33-31)36(29)24-17-16-21-9-4-5-10-22(21)19-24/h1-20H. The molecule has 0 bridgehead atoms. The lowest BCUT2D eigenvalue weighted by Crippen LogP contribution is -1.96. The minimum atomic E-state index is 0.916. The van der Waals surface area contributed by atoms with Gasteiger partial charge in [-0.2, -0.15) is 0 Å². The van der Waals surface area contributed by atoms with Crippen molar-refractivity contribution in [2.45, 2.75) is 0 Å². The van der Waals surface area contributed by atoms with Crippen molar-refractivity contribution in [3.05, 3.63) is 121 Å². The highest BCUT2D eigenvalue weighted by Gasteiger charge is 2.20. The van der Waals surface area contributed by atoms with E-state index in [1.54, 1.807) is 0 Å². The Bertz CT molecular complexity index is 2100. The molecule has 0 saturated carbocycles. The summed E-state index contributed by atoms with van der Waals surface area (Å²) in [5.74, 6) is 0. The summed E-state index contributed by atoms with van der Waals surface area (Å²) in [5, 5.41) is 3.58. The number of aromatic nitrogens is 4. The van der Waals surface area contributed by atoms with Crippen LogP contribution in [0.4, 0.5) is 0 Å². The SMILES string of the molecule is c1ccc(-n2c3ccccc3c3nc4c5ncccc5n(-c5ccc6ccccc6c5)c4cc32)cc1. The maximum atomic E-state index is 5.28. The molecule has 0 N–H and O–H groups in total. The Morgan fingerprint density at radius 1 is 0.444 bits per heavy atom. The van der Waals surface area contributed by atoms with E-state index >= 15 is 0 Å². The Balaban J connectivity index is 1.55. The number of rotatable bonds is 2. The van der Waals surface area contributed by atoms with Gasteiger partial charge in [-0.25, -0.2) is 4.98 Å². The molecule has 8 rings (SSSR count). The van der Waals surface area contributed by atoms with E-state index in [1.165, 1.54) is 10.8 Å². The van der Waals surface area contributed by atoms with Crippen LogP contribution in [0, 0.1) is 0 Å². The van der Waals surface area contributed by atoms with Gasteiger partial charge >= 0.3 is 0 Å². The third-order valence-electron chi connectivity index (χ3n) is 7.12. The molecule has 0 aliphatic rings. The van der Waals surface area contributed by atoms with E-state index in [9.17, 15) is 0 Å². The molecule has 4 heteroatoms. The number of pyridine rings is 2. The predicted molar refractivity (Wildman–Crippen MR) is 148 cm³/mol. The van der Waals surface area contributed by atoms with Crippen LogP contribution in [0.1, 0.15) is 0 Å². The van der Waals surface area contributed by atoms with Crippen molar-refractivity contribution in [2.75, 3.05) is 0 Å². The zero-order valence-electron chi connectivity index (χ0n) is 19.3. The molecule has 0 saturated heterocycles. The lowest BCUT2D eigenvalue weighted by atomic mass is 10.1. The smallest absolute Gasteiger partial charge is 0.116 e. The Labute approximate surface area is 206 Å². The van der Waals surface area contributed by atoms with E-state index in [4.69, 9.17) is 9.97 Å². The van der Waals surface area contributed by atoms with Crippen LogP contribution >= 0.6 is 0 Å². The van der Waals surface area contributed by atoms with Crippen LogP contribution in [0.25, 0.3) is 66.2 Å². The fraction of sp³-hybridized carbons (Fsp3) is 0. The van der Waals surface area contributed by atoms with Gasteiger partial charge in [-0.1, -0.05) is 66.7 Å². The summed E-state index contributed by atoms with van der Waals surface area (Å²) in [5.41, 5.74) is 9.38. The summed E-state index contributed by atoms with van der Waals surface area (Å²) >= 11 is 0. The second kappa shape index (κ2) is 7.27. The third-order valence-corrected chi connectivity index (χ3v) is 7.12. The average Bonchev–Trinajstić information content (AvgIpc) is 3.44. The summed E-state index contributed by atoms with van der Waals surface area (Å²) in [6.07, 6.45) is 1.85. The van der Waals surface area contributed by atoms with Gasteiger partial charge in [-0.3, -0.25) is 4.98 Å². The van der Waals surface area contributed by atoms with Crippen molar-refractivity contribution in [2.24, 2.45) is 0 Å². The molecule has 0 amide bonds. The van der Waals surface area contributed by atoms with Crippen LogP contribution in [0.5, 0.6) is 0 Å². The van der Waals surface area contributed by atoms with Crippen molar-refractivity contribution >= 4 is 54.8 Å². The van der Waals surface area contributed by atoms with E-state index in [2.05, 4.69) is 118 Å². The number of nitrogens with zero attached hydrogens (tertiary/aromatic N) is 4. The molecule has 4 heterocycles. The van der Waals surface area contributed by atoms with Crippen LogP contribution in [-0.4, -0.2) is 19.1 Å². The van der Waals surface area contributed by atoms with Crippen molar-refractivity contribution in [1.82, 2.24) is 19.1 Å². The predicted octanol–water partition coefficient (Wildman–Crippen LogP) is 7.82. The number of fused-ring (bicyclic) bond motifs is 7. The van der Waals surface area contributed by atoms with E-state index in [0.717, 1.165) is 55.4 Å². The van der Waals surface area contributed by atoms with Gasteiger partial charge in [0.2, 0.25) is 0 Å². The van der Waals surface area contributed by atoms with Crippen molar-refractivity contribution < 1.29 is 0 Å². The first kappa shape index (κ1) is 19.4. The van der Waals surface area contributed by atoms with E-state index < -0.39 is 0 Å². The Kier molecular flexibility index (Phi) is 3.91. The maximum absolute atomic E-state index is 5.28. The van der Waals surface area contributed by atoms with Crippen molar-refractivity contribution in [1.29, 1.82) is 0 Å². The number of hydrogen-bond donors (Lipinski definition) is 0. The zero-order valence-corrected chi connectivity index (χ0v) is 19.3. The van der Waals surface area contributed by atoms with Crippen LogP contribution in [-0.2, 0) is 0 Å². The normalized spacial score (nSPS) is 11.9. The van der Waals surface area contributed by atoms with Crippen LogP contribution in [0.2, 0.25) is 0 Å². The highest BCUT2D eigenvalue weighted by atomic mass is 15.0. The quantitative estimate of drug-likeness (QED) is 0.264. The second-order valence-electron chi connectivity index (χ2n) is 9.15. The molecule has 0 aliphatic carbocycles. The molecule has 0 unspecified atom stereocenters. The van der Waals surface area contributed by atoms with Gasteiger partial charge in [0.1, 0.15) is 11.0 Å². The molecule has 36 heavy (non-hydrogen) atoms. The molecule has 4 aromatic heterocycles. The first-order valence-electron chi connectivity index (χ1n) is 12.1. The van der Waals surface area contributed by atoms with Crippen molar-refractivity contribution in [3.63, 3.8) is 0 Å². The summed E-state index contributed by atoms with van der Waals surface area (Å²) in [6, 6.07) is 40.5. The lowest BCUT2D eigenvalue weighted by Gasteiger charge is -2.10. The number of benzene rings is 4. The maximum Gasteiger partial charge on any atom is 0.116 e. The fourth-order valence-corrected chi connectivity index (χ4v) is 5.54. The highest BCUT2D eigenvalue weighted by molar-refractivity contribution is 6.14. The Morgan fingerprint density at radius 2 is 1.17 bits per heavy atom. The molecule has 0 aliphatic heterocycles. The minimum Gasteiger partial charge on any atom is -0.308 e. The molecule has 4 nitrogen and oxygen atoms in total. The molecule has 0 atom stereocenters. The molecule has 0 radical (unpaired) electrons. The monoisotopic (exact) mass is 460 g/mol. The Hall–Kier alpha value is -4.96. The average molecular weight is 461 g/mol. The van der Waals surface area contributed by atoms with Gasteiger partial charge in [0.15, 0.2) is 0 Å². The lowest BCUT2D eigenvalue weighted by molar-refractivity contribution is 1.16. The van der Waals surface area contributed by atoms with Crippen LogP contribution in [0.15, 0.2) is 121 Å². The largest absolute Gasteiger partial charge is 0.308 e. The second-order valence-corrected chi connectivity index (χ2v) is 9.15. The first-order chi connectivity index (χ1) is 17.9. The third kappa shape index (κ3) is 2.64. The van der Waals surface area contributed by atoms with Crippen molar-refractivity contribution in [3.8, 4) is 11.4 Å². The molecular weight excluding hydrogens is 440 g/mol. The van der Waals surface area contributed by atoms with Gasteiger partial charge in [0.25, 0.3) is 0 Å². The number of hydrogen-bond acceptors (Lipinski definition) is 2. The van der Waals surface area contributed by atoms with Gasteiger partial charge < -0.3 is 9.13 Å². The van der Waals surface area contributed by atoms with E-state index in [-0.39, 0.29) is 0 Å². The van der Waals surface area contributed by atoms with Crippen LogP contribution in [0.3, 0.4) is 0 Å². The summed E-state index contributed by atoms with van der Waals surface area (Å²) in [7, 11) is 0. The van der Waals surface area contributed by atoms with E-state index in [0.29, 0.717) is 0 Å². The van der Waals surface area contributed by atoms with Crippen LogP contribution < -0.4 is 0 Å². The van der Waals surface area contributed by atoms with Gasteiger partial charge in [-0.15, -0.1) is 0 Å². The molecule has 4 aromatic carbocycles. The first-order valence-corrected chi connectivity index (χ1v) is 12.1. The van der Waals surface area contributed by atoms with E-state index in [1.807, 2.05) is 12.3 Å². The Morgan fingerprint density at radius 3 is 2.08 bits per heavy atom. The summed E-state index contributed by atoms with van der Waals surface area (Å²) < 4.78 is 4.61. The minimum absolute atomic E-state index is 0.916.